The van der Waals surface area contributed by atoms with Gasteiger partial charge in [0.2, 0.25) is 5.91 Å². The SMILES string of the molecule is CC/C=C/CNC(=O)CCOCCOCCOC(C)(CCOCCOCCNC(C)C)SC#N. The van der Waals surface area contributed by atoms with Crippen LogP contribution in [-0.4, -0.2) is 89.4 Å². The van der Waals surface area contributed by atoms with E-state index < -0.39 is 4.93 Å². The first kappa shape index (κ1) is 32.8. The maximum Gasteiger partial charge on any atom is 0.222 e. The largest absolute Gasteiger partial charge is 0.379 e. The average Bonchev–Trinajstić information content (AvgIpc) is 2.79. The van der Waals surface area contributed by atoms with Gasteiger partial charge >= 0.3 is 0 Å². The maximum atomic E-state index is 11.6. The van der Waals surface area contributed by atoms with Gasteiger partial charge in [-0.15, -0.1) is 0 Å². The van der Waals surface area contributed by atoms with E-state index in [1.807, 2.05) is 26.0 Å². The molecule has 2 N–H and O–H groups in total. The summed E-state index contributed by atoms with van der Waals surface area (Å²) in [6.45, 7) is 13.6. The minimum atomic E-state index is -0.656. The van der Waals surface area contributed by atoms with Gasteiger partial charge in [0.1, 0.15) is 10.3 Å². The summed E-state index contributed by atoms with van der Waals surface area (Å²) in [5.41, 5.74) is 0. The monoisotopic (exact) mass is 503 g/mol. The molecular formula is C24H45N3O6S. The highest BCUT2D eigenvalue weighted by Crippen LogP contribution is 2.29. The van der Waals surface area contributed by atoms with E-state index in [2.05, 4.69) is 29.9 Å². The molecule has 0 aromatic carbocycles. The van der Waals surface area contributed by atoms with Crippen LogP contribution in [0.5, 0.6) is 0 Å². The third-order valence-corrected chi connectivity index (χ3v) is 5.28. The van der Waals surface area contributed by atoms with Gasteiger partial charge in [0.15, 0.2) is 0 Å². The summed E-state index contributed by atoms with van der Waals surface area (Å²) in [7, 11) is 0. The number of ether oxygens (including phenoxy) is 5. The van der Waals surface area contributed by atoms with Crippen LogP contribution in [0.1, 0.15) is 47.0 Å². The van der Waals surface area contributed by atoms with Gasteiger partial charge in [0.05, 0.1) is 59.5 Å². The molecule has 0 aliphatic carbocycles. The zero-order chi connectivity index (χ0) is 25.3. The summed E-state index contributed by atoms with van der Waals surface area (Å²) >= 11 is 1.08. The van der Waals surface area contributed by atoms with Crippen molar-refractivity contribution in [3.63, 3.8) is 0 Å². The van der Waals surface area contributed by atoms with Crippen LogP contribution >= 0.6 is 11.8 Å². The van der Waals surface area contributed by atoms with E-state index in [0.717, 1.165) is 24.7 Å². The number of thiocyanates is 1. The van der Waals surface area contributed by atoms with E-state index in [4.69, 9.17) is 28.9 Å². The predicted octanol–water partition coefficient (Wildman–Crippen LogP) is 2.86. The van der Waals surface area contributed by atoms with Crippen molar-refractivity contribution in [3.05, 3.63) is 12.2 Å². The zero-order valence-corrected chi connectivity index (χ0v) is 22.3. The van der Waals surface area contributed by atoms with E-state index in [9.17, 15) is 4.79 Å². The molecule has 1 atom stereocenters. The van der Waals surface area contributed by atoms with Crippen LogP contribution in [0.2, 0.25) is 0 Å². The summed E-state index contributed by atoms with van der Waals surface area (Å²) in [5, 5.41) is 17.3. The van der Waals surface area contributed by atoms with Crippen LogP contribution in [0.3, 0.4) is 0 Å². The van der Waals surface area contributed by atoms with Gasteiger partial charge in [0.25, 0.3) is 0 Å². The Morgan fingerprint density at radius 1 is 0.971 bits per heavy atom. The van der Waals surface area contributed by atoms with E-state index in [1.54, 1.807) is 0 Å². The van der Waals surface area contributed by atoms with Crippen molar-refractivity contribution in [2.24, 2.45) is 0 Å². The molecule has 0 fully saturated rings. The molecule has 0 aliphatic rings. The highest BCUT2D eigenvalue weighted by Gasteiger charge is 2.26. The second-order valence-electron chi connectivity index (χ2n) is 7.92. The van der Waals surface area contributed by atoms with Crippen LogP contribution in [0.15, 0.2) is 12.2 Å². The van der Waals surface area contributed by atoms with Crippen molar-refractivity contribution in [2.45, 2.75) is 57.9 Å². The molecular weight excluding hydrogens is 458 g/mol. The molecule has 198 valence electrons. The standard InChI is InChI=1S/C24H45N3O6S/c1-5-6-7-10-27-23(28)8-12-29-15-18-32-19-20-33-24(4,34-21-25)9-13-30-16-17-31-14-11-26-22(2)3/h6-7,22,26H,5,8-20H2,1-4H3,(H,27,28)/b7-6+. The molecule has 9 nitrogen and oxygen atoms in total. The fourth-order valence-electron chi connectivity index (χ4n) is 2.56. The first-order chi connectivity index (χ1) is 16.4. The van der Waals surface area contributed by atoms with Crippen LogP contribution in [-0.2, 0) is 28.5 Å². The lowest BCUT2D eigenvalue weighted by atomic mass is 10.3. The Morgan fingerprint density at radius 2 is 1.59 bits per heavy atom. The van der Waals surface area contributed by atoms with Crippen molar-refractivity contribution >= 4 is 17.7 Å². The number of rotatable bonds is 24. The van der Waals surface area contributed by atoms with Crippen molar-refractivity contribution in [3.8, 4) is 5.40 Å². The minimum Gasteiger partial charge on any atom is -0.379 e. The zero-order valence-electron chi connectivity index (χ0n) is 21.4. The quantitative estimate of drug-likeness (QED) is 0.0889. The summed E-state index contributed by atoms with van der Waals surface area (Å²) < 4.78 is 27.9. The Kier molecular flexibility index (Phi) is 22.7. The Balaban J connectivity index is 3.69. The normalized spacial score (nSPS) is 13.3. The lowest BCUT2D eigenvalue weighted by Crippen LogP contribution is -2.28. The molecule has 0 spiro atoms. The van der Waals surface area contributed by atoms with E-state index in [-0.39, 0.29) is 5.91 Å². The third kappa shape index (κ3) is 22.6. The molecule has 0 aromatic heterocycles. The van der Waals surface area contributed by atoms with Gasteiger partial charge in [0, 0.05) is 32.0 Å². The van der Waals surface area contributed by atoms with Gasteiger partial charge in [-0.05, 0) is 25.1 Å². The van der Waals surface area contributed by atoms with Gasteiger partial charge in [-0.3, -0.25) is 4.79 Å². The molecule has 1 amide bonds. The maximum absolute atomic E-state index is 11.6. The molecule has 0 radical (unpaired) electrons. The number of hydrogen-bond acceptors (Lipinski definition) is 9. The number of amides is 1. The fourth-order valence-corrected chi connectivity index (χ4v) is 3.08. The lowest BCUT2D eigenvalue weighted by Gasteiger charge is -2.26. The number of carbonyl (C=O) groups is 1. The summed E-state index contributed by atoms with van der Waals surface area (Å²) in [4.78, 5) is 10.9. The Hall–Kier alpha value is -1.19. The molecule has 10 heteroatoms. The molecule has 34 heavy (non-hydrogen) atoms. The lowest BCUT2D eigenvalue weighted by molar-refractivity contribution is -0.122. The van der Waals surface area contributed by atoms with Gasteiger partial charge in [-0.1, -0.05) is 32.9 Å². The van der Waals surface area contributed by atoms with E-state index >= 15 is 0 Å². The highest BCUT2D eigenvalue weighted by atomic mass is 32.2. The number of hydrogen-bond donors (Lipinski definition) is 2. The number of nitrogens with zero attached hydrogens (tertiary/aromatic N) is 1. The number of nitriles is 1. The van der Waals surface area contributed by atoms with Crippen molar-refractivity contribution in [1.29, 1.82) is 5.26 Å². The molecule has 1 unspecified atom stereocenters. The number of carbonyl (C=O) groups excluding carboxylic acids is 1. The summed E-state index contributed by atoms with van der Waals surface area (Å²) in [6.07, 6.45) is 5.82. The van der Waals surface area contributed by atoms with Crippen LogP contribution in [0, 0.1) is 10.7 Å². The molecule has 0 aliphatic heterocycles. The first-order valence-electron chi connectivity index (χ1n) is 12.1. The van der Waals surface area contributed by atoms with Crippen molar-refractivity contribution in [2.75, 3.05) is 72.6 Å². The first-order valence-corrected chi connectivity index (χ1v) is 12.9. The average molecular weight is 504 g/mol. The third-order valence-electron chi connectivity index (χ3n) is 4.43. The van der Waals surface area contributed by atoms with Gasteiger partial charge in [-0.25, -0.2) is 0 Å². The predicted molar refractivity (Wildman–Crippen MR) is 136 cm³/mol. The fraction of sp³-hybridized carbons (Fsp3) is 0.833. The smallest absolute Gasteiger partial charge is 0.222 e. The number of thioether (sulfide) groups is 1. The highest BCUT2D eigenvalue weighted by molar-refractivity contribution is 8.04. The second kappa shape index (κ2) is 23.5. The number of allylic oxidation sites excluding steroid dienone is 1. The minimum absolute atomic E-state index is 0.0280. The van der Waals surface area contributed by atoms with Crippen molar-refractivity contribution < 1.29 is 28.5 Å². The molecule has 0 aromatic rings. The number of nitrogens with one attached hydrogen (secondary N) is 2. The topological polar surface area (TPSA) is 111 Å². The molecule has 0 saturated heterocycles. The van der Waals surface area contributed by atoms with E-state index in [1.165, 1.54) is 0 Å². The van der Waals surface area contributed by atoms with Crippen LogP contribution in [0.25, 0.3) is 0 Å². The second-order valence-corrected chi connectivity index (χ2v) is 9.17. The Bertz CT molecular complexity index is 559. The molecule has 0 bridgehead atoms. The van der Waals surface area contributed by atoms with Crippen molar-refractivity contribution in [1.82, 2.24) is 10.6 Å². The van der Waals surface area contributed by atoms with Crippen LogP contribution in [0.4, 0.5) is 0 Å². The Labute approximate surface area is 210 Å². The van der Waals surface area contributed by atoms with E-state index in [0.29, 0.717) is 84.9 Å². The molecule has 0 rings (SSSR count). The van der Waals surface area contributed by atoms with Crippen LogP contribution < -0.4 is 10.6 Å². The van der Waals surface area contributed by atoms with Gasteiger partial charge in [-0.2, -0.15) is 5.26 Å². The van der Waals surface area contributed by atoms with Gasteiger partial charge < -0.3 is 34.3 Å². The Morgan fingerprint density at radius 3 is 2.24 bits per heavy atom. The summed E-state index contributed by atoms with van der Waals surface area (Å²) in [5.74, 6) is -0.0280. The molecule has 0 saturated carbocycles. The molecule has 0 heterocycles. The summed E-state index contributed by atoms with van der Waals surface area (Å²) in [6, 6.07) is 0.455.